The maximum Gasteiger partial charge on any atom is 0.376 e. The minimum absolute atomic E-state index is 0.0155. The highest BCUT2D eigenvalue weighted by molar-refractivity contribution is 8.03. The smallest absolute Gasteiger partial charge is 0.376 e. The lowest BCUT2D eigenvalue weighted by Gasteiger charge is -2.41. The van der Waals surface area contributed by atoms with Crippen LogP contribution in [0.3, 0.4) is 0 Å². The SMILES string of the molecule is COC(=O)c1nnc(SC2=C(O)CC(CCc3ccc(OC(C)C)c(F)c3)(C3CCCC3)OC2=O)n1C. The number of nitrogens with zero attached hydrogens (tertiary/aromatic N) is 3. The number of esters is 2. The van der Waals surface area contributed by atoms with Crippen molar-refractivity contribution < 1.29 is 33.3 Å². The van der Waals surface area contributed by atoms with Crippen LogP contribution in [0.25, 0.3) is 0 Å². The molecule has 0 saturated heterocycles. The number of thioether (sulfide) groups is 1. The van der Waals surface area contributed by atoms with Crippen LogP contribution in [0.5, 0.6) is 5.75 Å². The lowest BCUT2D eigenvalue weighted by Crippen LogP contribution is -2.45. The number of cyclic esters (lactones) is 1. The molecular formula is C26H32FN3O6S. The molecule has 4 rings (SSSR count). The number of carbonyl (C=O) groups excluding carboxylic acids is 2. The van der Waals surface area contributed by atoms with E-state index in [0.717, 1.165) is 43.0 Å². The Morgan fingerprint density at radius 3 is 2.68 bits per heavy atom. The van der Waals surface area contributed by atoms with E-state index < -0.39 is 23.4 Å². The van der Waals surface area contributed by atoms with Crippen LogP contribution in [0.1, 0.15) is 68.6 Å². The van der Waals surface area contributed by atoms with E-state index in [-0.39, 0.29) is 45.8 Å². The molecule has 0 bridgehead atoms. The molecule has 200 valence electrons. The van der Waals surface area contributed by atoms with Crippen molar-refractivity contribution in [2.45, 2.75) is 75.7 Å². The van der Waals surface area contributed by atoms with Crippen LogP contribution in [-0.2, 0) is 27.7 Å². The van der Waals surface area contributed by atoms with E-state index in [1.54, 1.807) is 13.1 Å². The normalized spacial score (nSPS) is 20.4. The number of aliphatic hydroxyl groups is 1. The summed E-state index contributed by atoms with van der Waals surface area (Å²) in [5, 5.41) is 19.0. The van der Waals surface area contributed by atoms with Crippen LogP contribution in [0.2, 0.25) is 0 Å². The van der Waals surface area contributed by atoms with E-state index in [1.807, 2.05) is 19.9 Å². The number of benzene rings is 1. The van der Waals surface area contributed by atoms with Gasteiger partial charge in [-0.05, 0) is 74.9 Å². The summed E-state index contributed by atoms with van der Waals surface area (Å²) >= 11 is 0.895. The third-order valence-electron chi connectivity index (χ3n) is 6.90. The minimum atomic E-state index is -0.887. The Bertz CT molecular complexity index is 1210. The zero-order valence-electron chi connectivity index (χ0n) is 21.5. The predicted molar refractivity (Wildman–Crippen MR) is 134 cm³/mol. The number of ether oxygens (including phenoxy) is 3. The molecule has 9 nitrogen and oxygen atoms in total. The molecular weight excluding hydrogens is 501 g/mol. The Morgan fingerprint density at radius 2 is 2.05 bits per heavy atom. The highest BCUT2D eigenvalue weighted by Crippen LogP contribution is 2.47. The lowest BCUT2D eigenvalue weighted by atomic mass is 9.77. The largest absolute Gasteiger partial charge is 0.511 e. The number of hydrogen-bond donors (Lipinski definition) is 1. The van der Waals surface area contributed by atoms with Crippen molar-refractivity contribution in [1.82, 2.24) is 14.8 Å². The standard InChI is InChI=1S/C26H32FN3O6S/c1-15(2)35-20-10-9-16(13-18(20)27)11-12-26(17-7-5-6-8-17)14-19(31)21(23(32)36-26)37-25-29-28-22(30(25)3)24(33)34-4/h9-10,13,15,17,31H,5-8,11-12,14H2,1-4H3. The molecule has 1 aromatic carbocycles. The molecule has 1 fully saturated rings. The molecule has 1 N–H and O–H groups in total. The Balaban J connectivity index is 1.55. The summed E-state index contributed by atoms with van der Waals surface area (Å²) in [5.74, 6) is -1.54. The van der Waals surface area contributed by atoms with E-state index in [4.69, 9.17) is 9.47 Å². The van der Waals surface area contributed by atoms with Gasteiger partial charge in [-0.2, -0.15) is 0 Å². The number of rotatable bonds is 9. The van der Waals surface area contributed by atoms with Gasteiger partial charge in [0.05, 0.1) is 13.2 Å². The fourth-order valence-electron chi connectivity index (χ4n) is 5.04. The fraction of sp³-hybridized carbons (Fsp3) is 0.538. The second-order valence-electron chi connectivity index (χ2n) is 9.78. The number of aliphatic hydroxyl groups excluding tert-OH is 1. The first-order valence-corrected chi connectivity index (χ1v) is 13.2. The van der Waals surface area contributed by atoms with Crippen molar-refractivity contribution in [2.75, 3.05) is 7.11 Å². The summed E-state index contributed by atoms with van der Waals surface area (Å²) in [6.07, 6.45) is 4.79. The predicted octanol–water partition coefficient (Wildman–Crippen LogP) is 4.90. The maximum atomic E-state index is 14.6. The van der Waals surface area contributed by atoms with E-state index in [1.165, 1.54) is 17.7 Å². The van der Waals surface area contributed by atoms with Crippen molar-refractivity contribution in [3.05, 3.63) is 46.1 Å². The van der Waals surface area contributed by atoms with Gasteiger partial charge in [0.2, 0.25) is 5.82 Å². The summed E-state index contributed by atoms with van der Waals surface area (Å²) in [7, 11) is 2.81. The zero-order valence-corrected chi connectivity index (χ0v) is 22.3. The van der Waals surface area contributed by atoms with Crippen LogP contribution in [-0.4, -0.2) is 50.6 Å². The summed E-state index contributed by atoms with van der Waals surface area (Å²) in [6.45, 7) is 3.68. The van der Waals surface area contributed by atoms with Crippen LogP contribution in [0.4, 0.5) is 4.39 Å². The highest BCUT2D eigenvalue weighted by atomic mass is 32.2. The highest BCUT2D eigenvalue weighted by Gasteiger charge is 2.48. The van der Waals surface area contributed by atoms with Crippen LogP contribution in [0.15, 0.2) is 34.0 Å². The molecule has 0 amide bonds. The van der Waals surface area contributed by atoms with Gasteiger partial charge < -0.3 is 19.3 Å². The molecule has 0 spiro atoms. The fourth-order valence-corrected chi connectivity index (χ4v) is 5.84. The van der Waals surface area contributed by atoms with Gasteiger partial charge in [-0.15, -0.1) is 10.2 Å². The van der Waals surface area contributed by atoms with E-state index in [9.17, 15) is 19.1 Å². The van der Waals surface area contributed by atoms with E-state index >= 15 is 0 Å². The Morgan fingerprint density at radius 1 is 1.32 bits per heavy atom. The van der Waals surface area contributed by atoms with Gasteiger partial charge in [0.15, 0.2) is 16.7 Å². The number of aryl methyl sites for hydroxylation is 1. The summed E-state index contributed by atoms with van der Waals surface area (Å²) in [5.41, 5.74) is -0.123. The molecule has 1 aliphatic heterocycles. The average molecular weight is 534 g/mol. The van der Waals surface area contributed by atoms with Crippen LogP contribution in [0, 0.1) is 11.7 Å². The van der Waals surface area contributed by atoms with Gasteiger partial charge in [0.1, 0.15) is 16.3 Å². The Labute approximate surface area is 219 Å². The first-order valence-electron chi connectivity index (χ1n) is 12.4. The van der Waals surface area contributed by atoms with Gasteiger partial charge >= 0.3 is 11.9 Å². The second kappa shape index (κ2) is 11.1. The topological polar surface area (TPSA) is 113 Å². The molecule has 1 aromatic heterocycles. The molecule has 1 atom stereocenters. The molecule has 2 heterocycles. The van der Waals surface area contributed by atoms with Gasteiger partial charge in [-0.25, -0.2) is 14.0 Å². The average Bonchev–Trinajstić information content (AvgIpc) is 3.52. The molecule has 1 unspecified atom stereocenters. The first kappa shape index (κ1) is 27.0. The number of hydrogen-bond acceptors (Lipinski definition) is 9. The zero-order chi connectivity index (χ0) is 26.7. The van der Waals surface area contributed by atoms with Gasteiger partial charge in [-0.1, -0.05) is 18.9 Å². The van der Waals surface area contributed by atoms with Gasteiger partial charge in [0.25, 0.3) is 0 Å². The maximum absolute atomic E-state index is 14.6. The molecule has 11 heteroatoms. The molecule has 2 aliphatic rings. The van der Waals surface area contributed by atoms with Crippen LogP contribution < -0.4 is 4.74 Å². The molecule has 1 aliphatic carbocycles. The molecule has 37 heavy (non-hydrogen) atoms. The number of methoxy groups -OCH3 is 1. The minimum Gasteiger partial charge on any atom is -0.511 e. The van der Waals surface area contributed by atoms with Crippen molar-refractivity contribution in [2.24, 2.45) is 13.0 Å². The van der Waals surface area contributed by atoms with Gasteiger partial charge in [0, 0.05) is 13.5 Å². The Hall–Kier alpha value is -3.08. The first-order chi connectivity index (χ1) is 17.6. The van der Waals surface area contributed by atoms with Gasteiger partial charge in [-0.3, -0.25) is 4.57 Å². The van der Waals surface area contributed by atoms with Crippen LogP contribution >= 0.6 is 11.8 Å². The molecule has 1 saturated carbocycles. The number of carbonyl (C=O) groups is 2. The lowest BCUT2D eigenvalue weighted by molar-refractivity contribution is -0.166. The number of aromatic nitrogens is 3. The van der Waals surface area contributed by atoms with E-state index in [2.05, 4.69) is 14.9 Å². The summed E-state index contributed by atoms with van der Waals surface area (Å²) < 4.78 is 32.2. The van der Waals surface area contributed by atoms with E-state index in [0.29, 0.717) is 12.8 Å². The van der Waals surface area contributed by atoms with Crippen molar-refractivity contribution in [3.63, 3.8) is 0 Å². The summed E-state index contributed by atoms with van der Waals surface area (Å²) in [6, 6.07) is 4.89. The third kappa shape index (κ3) is 5.76. The summed E-state index contributed by atoms with van der Waals surface area (Å²) in [4.78, 5) is 25.1. The molecule has 0 radical (unpaired) electrons. The molecule has 2 aromatic rings. The van der Waals surface area contributed by atoms with Crippen molar-refractivity contribution in [1.29, 1.82) is 0 Å². The second-order valence-corrected chi connectivity index (χ2v) is 10.8. The number of halogens is 1. The quantitative estimate of drug-likeness (QED) is 0.450. The third-order valence-corrected chi connectivity index (χ3v) is 8.05. The van der Waals surface area contributed by atoms with Crippen molar-refractivity contribution in [3.8, 4) is 5.75 Å². The monoisotopic (exact) mass is 533 g/mol. The van der Waals surface area contributed by atoms with Crippen molar-refractivity contribution >= 4 is 23.7 Å². The Kier molecular flexibility index (Phi) is 8.11.